The predicted molar refractivity (Wildman–Crippen MR) is 66.8 cm³/mol. The Labute approximate surface area is 105 Å². The summed E-state index contributed by atoms with van der Waals surface area (Å²) in [4.78, 5) is 23.5. The molecule has 0 amide bonds. The molecule has 0 aliphatic carbocycles. The lowest BCUT2D eigenvalue weighted by molar-refractivity contribution is -0.139. The van der Waals surface area contributed by atoms with Crippen molar-refractivity contribution in [1.29, 1.82) is 0 Å². The molecule has 0 rings (SSSR count). The number of carboxylic acids is 2. The second-order valence-electron chi connectivity index (χ2n) is 3.52. The molecular weight excluding hydrogens is 242 g/mol. The number of hydrogen-bond donors (Lipinski definition) is 6. The van der Waals surface area contributed by atoms with Gasteiger partial charge >= 0.3 is 11.9 Å². The summed E-state index contributed by atoms with van der Waals surface area (Å²) in [5.74, 6) is -1.95. The minimum atomic E-state index is -1.00. The Morgan fingerprint density at radius 1 is 1.17 bits per heavy atom. The van der Waals surface area contributed by atoms with Gasteiger partial charge in [-0.15, -0.1) is 0 Å². The molecule has 0 aromatic heterocycles. The van der Waals surface area contributed by atoms with Crippen LogP contribution in [0, 0.1) is 0 Å². The Balaban J connectivity index is 0. The molecular formula is C9H21N5O4. The normalized spacial score (nSPS) is 12.6. The summed E-state index contributed by atoms with van der Waals surface area (Å²) in [5.41, 5.74) is 20.2. The molecule has 18 heavy (non-hydrogen) atoms. The van der Waals surface area contributed by atoms with Crippen LogP contribution in [0.25, 0.3) is 0 Å². The third-order valence-electron chi connectivity index (χ3n) is 1.67. The summed E-state index contributed by atoms with van der Waals surface area (Å²) in [6.07, 6.45) is 0.956. The van der Waals surface area contributed by atoms with Gasteiger partial charge in [-0.1, -0.05) is 0 Å². The maximum atomic E-state index is 10.2. The zero-order chi connectivity index (χ0) is 14.7. The van der Waals surface area contributed by atoms with Gasteiger partial charge in [-0.05, 0) is 19.8 Å². The number of nitrogens with zero attached hydrogens (tertiary/aromatic N) is 1. The molecule has 0 aliphatic rings. The van der Waals surface area contributed by atoms with Gasteiger partial charge in [0.15, 0.2) is 5.96 Å². The standard InChI is InChI=1S/C6H14N4O2.C3H7NO2/c7-4(5(11)12)2-1-3-10-6(8)9;1-2(4)3(5)6/h4H,1-3,7H2,(H,11,12)(H4,8,9,10);2H,4H2,1H3,(H,5,6)/t4-;2-/m11/s1. The van der Waals surface area contributed by atoms with Gasteiger partial charge in [-0.25, -0.2) is 0 Å². The highest BCUT2D eigenvalue weighted by molar-refractivity contribution is 5.75. The van der Waals surface area contributed by atoms with Crippen molar-refractivity contribution in [1.82, 2.24) is 0 Å². The lowest BCUT2D eigenvalue weighted by Gasteiger charge is -2.03. The summed E-state index contributed by atoms with van der Waals surface area (Å²) in [6, 6.07) is -1.55. The Morgan fingerprint density at radius 2 is 1.61 bits per heavy atom. The lowest BCUT2D eigenvalue weighted by Crippen LogP contribution is -2.30. The van der Waals surface area contributed by atoms with Crippen LogP contribution in [0.4, 0.5) is 0 Å². The van der Waals surface area contributed by atoms with Crippen molar-refractivity contribution in [2.24, 2.45) is 27.9 Å². The van der Waals surface area contributed by atoms with E-state index in [0.717, 1.165) is 0 Å². The first-order chi connectivity index (χ1) is 8.18. The number of nitrogens with two attached hydrogens (primary N) is 4. The molecule has 0 aromatic carbocycles. The van der Waals surface area contributed by atoms with E-state index in [9.17, 15) is 9.59 Å². The Morgan fingerprint density at radius 3 is 1.89 bits per heavy atom. The molecule has 0 aliphatic heterocycles. The molecule has 0 saturated heterocycles. The van der Waals surface area contributed by atoms with Crippen LogP contribution in [0.15, 0.2) is 4.99 Å². The highest BCUT2D eigenvalue weighted by Crippen LogP contribution is 1.94. The first kappa shape index (κ1) is 18.5. The highest BCUT2D eigenvalue weighted by Gasteiger charge is 2.09. The highest BCUT2D eigenvalue weighted by atomic mass is 16.4. The average molecular weight is 263 g/mol. The fraction of sp³-hybridized carbons (Fsp3) is 0.667. The van der Waals surface area contributed by atoms with Crippen molar-refractivity contribution < 1.29 is 19.8 Å². The summed E-state index contributed by atoms with van der Waals surface area (Å²) in [7, 11) is 0. The summed E-state index contributed by atoms with van der Waals surface area (Å²) < 4.78 is 0. The van der Waals surface area contributed by atoms with Crippen LogP contribution in [0.2, 0.25) is 0 Å². The molecule has 9 heteroatoms. The summed E-state index contributed by atoms with van der Waals surface area (Å²) >= 11 is 0. The van der Waals surface area contributed by atoms with E-state index in [1.165, 1.54) is 6.92 Å². The van der Waals surface area contributed by atoms with E-state index in [4.69, 9.17) is 33.1 Å². The molecule has 2 atom stereocenters. The van der Waals surface area contributed by atoms with E-state index in [0.29, 0.717) is 19.4 Å². The molecule has 9 nitrogen and oxygen atoms in total. The predicted octanol–water partition coefficient (Wildman–Crippen LogP) is -2.13. The number of hydrogen-bond acceptors (Lipinski definition) is 5. The molecule has 0 spiro atoms. The molecule has 0 saturated carbocycles. The Hall–Kier alpha value is -1.87. The Bertz CT molecular complexity index is 289. The zero-order valence-corrected chi connectivity index (χ0v) is 10.2. The second-order valence-corrected chi connectivity index (χ2v) is 3.52. The van der Waals surface area contributed by atoms with Gasteiger partial charge in [-0.3, -0.25) is 14.6 Å². The smallest absolute Gasteiger partial charge is 0.320 e. The summed E-state index contributed by atoms with van der Waals surface area (Å²) in [5, 5.41) is 16.2. The molecule has 0 radical (unpaired) electrons. The van der Waals surface area contributed by atoms with E-state index < -0.39 is 24.0 Å². The van der Waals surface area contributed by atoms with Crippen molar-refractivity contribution >= 4 is 17.9 Å². The van der Waals surface area contributed by atoms with Crippen LogP contribution in [0.3, 0.4) is 0 Å². The maximum absolute atomic E-state index is 10.2. The van der Waals surface area contributed by atoms with Gasteiger partial charge in [0, 0.05) is 6.54 Å². The first-order valence-corrected chi connectivity index (χ1v) is 5.20. The fourth-order valence-electron chi connectivity index (χ4n) is 0.643. The zero-order valence-electron chi connectivity index (χ0n) is 10.2. The summed E-state index contributed by atoms with van der Waals surface area (Å²) in [6.45, 7) is 1.84. The van der Waals surface area contributed by atoms with E-state index in [1.54, 1.807) is 0 Å². The SMILES string of the molecule is C[C@@H](N)C(=O)O.NC(N)=NCCC[C@@H](N)C(=O)O. The third kappa shape index (κ3) is 14.1. The topological polar surface area (TPSA) is 191 Å². The second kappa shape index (κ2) is 10.3. The maximum Gasteiger partial charge on any atom is 0.320 e. The third-order valence-corrected chi connectivity index (χ3v) is 1.67. The van der Waals surface area contributed by atoms with Crippen molar-refractivity contribution in [3.05, 3.63) is 0 Å². The van der Waals surface area contributed by atoms with Crippen LogP contribution in [0.5, 0.6) is 0 Å². The van der Waals surface area contributed by atoms with Gasteiger partial charge < -0.3 is 33.1 Å². The largest absolute Gasteiger partial charge is 0.480 e. The molecule has 0 aromatic rings. The Kier molecular flexibility index (Phi) is 10.6. The van der Waals surface area contributed by atoms with Gasteiger partial charge in [0.05, 0.1) is 0 Å². The van der Waals surface area contributed by atoms with E-state index >= 15 is 0 Å². The van der Waals surface area contributed by atoms with Crippen molar-refractivity contribution in [3.8, 4) is 0 Å². The number of aliphatic carboxylic acids is 2. The average Bonchev–Trinajstić information content (AvgIpc) is 2.24. The quantitative estimate of drug-likeness (QED) is 0.178. The first-order valence-electron chi connectivity index (χ1n) is 5.20. The van der Waals surface area contributed by atoms with Gasteiger partial charge in [0.2, 0.25) is 0 Å². The number of aliphatic imine (C=N–C) groups is 1. The minimum absolute atomic E-state index is 0.0129. The van der Waals surface area contributed by atoms with Crippen LogP contribution < -0.4 is 22.9 Å². The van der Waals surface area contributed by atoms with E-state index in [2.05, 4.69) is 4.99 Å². The minimum Gasteiger partial charge on any atom is -0.480 e. The van der Waals surface area contributed by atoms with Crippen LogP contribution in [-0.2, 0) is 9.59 Å². The van der Waals surface area contributed by atoms with Crippen LogP contribution in [-0.4, -0.2) is 46.7 Å². The van der Waals surface area contributed by atoms with Gasteiger partial charge in [-0.2, -0.15) is 0 Å². The van der Waals surface area contributed by atoms with E-state index in [1.807, 2.05) is 0 Å². The van der Waals surface area contributed by atoms with Gasteiger partial charge in [0.1, 0.15) is 12.1 Å². The van der Waals surface area contributed by atoms with Crippen molar-refractivity contribution in [2.75, 3.05) is 6.54 Å². The lowest BCUT2D eigenvalue weighted by atomic mass is 10.2. The van der Waals surface area contributed by atoms with Gasteiger partial charge in [0.25, 0.3) is 0 Å². The number of carboxylic acid groups (broad SMARTS) is 2. The number of rotatable bonds is 6. The monoisotopic (exact) mass is 263 g/mol. The number of carbonyl (C=O) groups is 2. The van der Waals surface area contributed by atoms with Crippen LogP contribution in [0.1, 0.15) is 19.8 Å². The fourth-order valence-corrected chi connectivity index (χ4v) is 0.643. The molecule has 0 unspecified atom stereocenters. The molecule has 10 N–H and O–H groups in total. The van der Waals surface area contributed by atoms with Crippen molar-refractivity contribution in [3.63, 3.8) is 0 Å². The van der Waals surface area contributed by atoms with Crippen LogP contribution >= 0.6 is 0 Å². The van der Waals surface area contributed by atoms with E-state index in [-0.39, 0.29) is 5.96 Å². The van der Waals surface area contributed by atoms with Crippen molar-refractivity contribution in [2.45, 2.75) is 31.8 Å². The molecule has 106 valence electrons. The molecule has 0 fully saturated rings. The molecule has 0 bridgehead atoms. The number of guanidine groups is 1. The molecule has 0 heterocycles.